The summed E-state index contributed by atoms with van der Waals surface area (Å²) in [4.78, 5) is 0. The lowest BCUT2D eigenvalue weighted by molar-refractivity contribution is 0.782. The van der Waals surface area contributed by atoms with Crippen LogP contribution < -0.4 is 5.73 Å². The number of nitrogens with two attached hydrogens (primary N) is 1. The molecule has 3 heteroatoms. The molecule has 0 bridgehead atoms. The summed E-state index contributed by atoms with van der Waals surface area (Å²) in [6, 6.07) is 10.1. The van der Waals surface area contributed by atoms with Gasteiger partial charge in [0.1, 0.15) is 5.82 Å². The average Bonchev–Trinajstić information content (AvgIpc) is 2.48. The van der Waals surface area contributed by atoms with Gasteiger partial charge in [-0.2, -0.15) is 5.10 Å². The maximum Gasteiger partial charge on any atom is 0.121 e. The number of nitrogen functional groups attached to an aromatic ring is 1. The molecule has 2 aromatic rings. The number of rotatable bonds is 1. The van der Waals surface area contributed by atoms with Crippen LogP contribution >= 0.6 is 0 Å². The molecule has 0 spiro atoms. The lowest BCUT2D eigenvalue weighted by Crippen LogP contribution is -1.96. The molecule has 14 heavy (non-hydrogen) atoms. The number of hydrogen-bond acceptors (Lipinski definition) is 2. The van der Waals surface area contributed by atoms with Gasteiger partial charge in [-0.15, -0.1) is 0 Å². The molecule has 0 radical (unpaired) electrons. The van der Waals surface area contributed by atoms with Gasteiger partial charge in [0.2, 0.25) is 0 Å². The summed E-state index contributed by atoms with van der Waals surface area (Å²) in [5.41, 5.74) is 8.98. The van der Waals surface area contributed by atoms with Gasteiger partial charge in [0.25, 0.3) is 0 Å². The zero-order valence-electron chi connectivity index (χ0n) is 8.36. The Balaban J connectivity index is 2.44. The van der Waals surface area contributed by atoms with E-state index in [9.17, 15) is 0 Å². The molecule has 0 aliphatic heterocycles. The van der Waals surface area contributed by atoms with Gasteiger partial charge < -0.3 is 5.73 Å². The van der Waals surface area contributed by atoms with Crippen LogP contribution in [0, 0.1) is 6.92 Å². The maximum absolute atomic E-state index is 5.71. The maximum atomic E-state index is 5.71. The monoisotopic (exact) mass is 187 g/mol. The van der Waals surface area contributed by atoms with Crippen molar-refractivity contribution < 1.29 is 0 Å². The van der Waals surface area contributed by atoms with Crippen LogP contribution in [0.1, 0.15) is 5.56 Å². The summed E-state index contributed by atoms with van der Waals surface area (Å²) in [6.45, 7) is 2.07. The van der Waals surface area contributed by atoms with Gasteiger partial charge in [-0.05, 0) is 6.92 Å². The van der Waals surface area contributed by atoms with E-state index in [4.69, 9.17) is 5.73 Å². The Morgan fingerprint density at radius 2 is 1.86 bits per heavy atom. The molecule has 0 atom stereocenters. The third-order valence-corrected chi connectivity index (χ3v) is 2.26. The lowest BCUT2D eigenvalue weighted by atomic mass is 10.1. The van der Waals surface area contributed by atoms with E-state index in [0.717, 1.165) is 11.3 Å². The Kier molecular flexibility index (Phi) is 2.00. The Bertz CT molecular complexity index is 421. The summed E-state index contributed by atoms with van der Waals surface area (Å²) in [7, 11) is 1.84. The molecule has 2 rings (SSSR count). The molecular formula is C11H13N3. The highest BCUT2D eigenvalue weighted by atomic mass is 15.3. The summed E-state index contributed by atoms with van der Waals surface area (Å²) in [5, 5.41) is 4.30. The molecule has 1 aromatic carbocycles. The number of aryl methyl sites for hydroxylation is 2. The van der Waals surface area contributed by atoms with Crippen molar-refractivity contribution in [3.05, 3.63) is 35.9 Å². The molecule has 0 aliphatic carbocycles. The normalized spacial score (nSPS) is 10.4. The van der Waals surface area contributed by atoms with Gasteiger partial charge in [-0.3, -0.25) is 4.68 Å². The number of aromatic nitrogens is 2. The van der Waals surface area contributed by atoms with Gasteiger partial charge in [0.15, 0.2) is 0 Å². The number of benzene rings is 1. The van der Waals surface area contributed by atoms with Crippen LogP contribution in [0.3, 0.4) is 0 Å². The number of nitrogens with zero attached hydrogens (tertiary/aromatic N) is 2. The second kappa shape index (κ2) is 3.18. The first kappa shape index (κ1) is 8.81. The molecule has 72 valence electrons. The van der Waals surface area contributed by atoms with Crippen LogP contribution in [-0.4, -0.2) is 9.78 Å². The highest BCUT2D eigenvalue weighted by Crippen LogP contribution is 2.19. The fraction of sp³-hybridized carbons (Fsp3) is 0.182. The fourth-order valence-corrected chi connectivity index (χ4v) is 1.35. The highest BCUT2D eigenvalue weighted by Gasteiger charge is 2.03. The first-order valence-corrected chi connectivity index (χ1v) is 4.53. The highest BCUT2D eigenvalue weighted by molar-refractivity contribution is 5.62. The number of hydrogen-bond donors (Lipinski definition) is 1. The summed E-state index contributed by atoms with van der Waals surface area (Å²) < 4.78 is 1.68. The molecule has 0 amide bonds. The Morgan fingerprint density at radius 1 is 1.21 bits per heavy atom. The predicted octanol–water partition coefficient (Wildman–Crippen LogP) is 1.98. The van der Waals surface area contributed by atoms with E-state index < -0.39 is 0 Å². The standard InChI is InChI=1S/C11H13N3/c1-8-3-5-9(6-4-8)10-7-11(12)14(2)13-10/h3-7H,12H2,1-2H3. The second-order valence-corrected chi connectivity index (χ2v) is 3.44. The molecule has 0 saturated heterocycles. The first-order chi connectivity index (χ1) is 6.66. The summed E-state index contributed by atoms with van der Waals surface area (Å²) in [5.74, 6) is 0.681. The van der Waals surface area contributed by atoms with E-state index in [1.54, 1.807) is 4.68 Å². The van der Waals surface area contributed by atoms with Crippen molar-refractivity contribution in [1.82, 2.24) is 9.78 Å². The van der Waals surface area contributed by atoms with Crippen molar-refractivity contribution in [3.8, 4) is 11.3 Å². The van der Waals surface area contributed by atoms with E-state index >= 15 is 0 Å². The van der Waals surface area contributed by atoms with Crippen molar-refractivity contribution in [2.45, 2.75) is 6.92 Å². The van der Waals surface area contributed by atoms with Gasteiger partial charge in [0, 0.05) is 18.7 Å². The molecule has 3 nitrogen and oxygen atoms in total. The molecule has 1 aromatic heterocycles. The minimum absolute atomic E-state index is 0.681. The Hall–Kier alpha value is -1.77. The molecule has 2 N–H and O–H groups in total. The quantitative estimate of drug-likeness (QED) is 0.741. The molecule has 0 unspecified atom stereocenters. The summed E-state index contributed by atoms with van der Waals surface area (Å²) in [6.07, 6.45) is 0. The van der Waals surface area contributed by atoms with E-state index in [0.29, 0.717) is 5.82 Å². The van der Waals surface area contributed by atoms with E-state index in [2.05, 4.69) is 36.3 Å². The van der Waals surface area contributed by atoms with E-state index in [1.165, 1.54) is 5.56 Å². The Morgan fingerprint density at radius 3 is 2.36 bits per heavy atom. The molecule has 0 aliphatic rings. The third-order valence-electron chi connectivity index (χ3n) is 2.26. The van der Waals surface area contributed by atoms with Crippen LogP contribution in [0.2, 0.25) is 0 Å². The van der Waals surface area contributed by atoms with Crippen molar-refractivity contribution in [3.63, 3.8) is 0 Å². The minimum Gasteiger partial charge on any atom is -0.384 e. The van der Waals surface area contributed by atoms with Gasteiger partial charge in [-0.25, -0.2) is 0 Å². The Labute approximate surface area is 83.2 Å². The average molecular weight is 187 g/mol. The molecule has 0 fully saturated rings. The van der Waals surface area contributed by atoms with E-state index in [1.807, 2.05) is 13.1 Å². The molecule has 0 saturated carbocycles. The zero-order valence-corrected chi connectivity index (χ0v) is 8.36. The van der Waals surface area contributed by atoms with Crippen LogP contribution in [0.5, 0.6) is 0 Å². The SMILES string of the molecule is Cc1ccc(-c2cc(N)n(C)n2)cc1. The predicted molar refractivity (Wildman–Crippen MR) is 57.8 cm³/mol. The smallest absolute Gasteiger partial charge is 0.121 e. The van der Waals surface area contributed by atoms with E-state index in [-0.39, 0.29) is 0 Å². The van der Waals surface area contributed by atoms with Crippen LogP contribution in [0.4, 0.5) is 5.82 Å². The van der Waals surface area contributed by atoms with Crippen molar-refractivity contribution in [2.75, 3.05) is 5.73 Å². The van der Waals surface area contributed by atoms with Crippen molar-refractivity contribution in [2.24, 2.45) is 7.05 Å². The van der Waals surface area contributed by atoms with Gasteiger partial charge in [-0.1, -0.05) is 29.8 Å². The summed E-state index contributed by atoms with van der Waals surface area (Å²) >= 11 is 0. The third kappa shape index (κ3) is 1.48. The first-order valence-electron chi connectivity index (χ1n) is 4.53. The lowest BCUT2D eigenvalue weighted by Gasteiger charge is -1.96. The van der Waals surface area contributed by atoms with Crippen LogP contribution in [0.15, 0.2) is 30.3 Å². The number of anilines is 1. The van der Waals surface area contributed by atoms with Gasteiger partial charge in [0.05, 0.1) is 5.69 Å². The molecule has 1 heterocycles. The fourth-order valence-electron chi connectivity index (χ4n) is 1.35. The van der Waals surface area contributed by atoms with Crippen LogP contribution in [-0.2, 0) is 7.05 Å². The second-order valence-electron chi connectivity index (χ2n) is 3.44. The van der Waals surface area contributed by atoms with Crippen LogP contribution in [0.25, 0.3) is 11.3 Å². The zero-order chi connectivity index (χ0) is 10.1. The van der Waals surface area contributed by atoms with Crippen molar-refractivity contribution >= 4 is 5.82 Å². The minimum atomic E-state index is 0.681. The van der Waals surface area contributed by atoms with Gasteiger partial charge >= 0.3 is 0 Å². The topological polar surface area (TPSA) is 43.8 Å². The molecular weight excluding hydrogens is 174 g/mol. The van der Waals surface area contributed by atoms with Crippen molar-refractivity contribution in [1.29, 1.82) is 0 Å². The largest absolute Gasteiger partial charge is 0.384 e.